The third-order valence-electron chi connectivity index (χ3n) is 3.74. The molecule has 6 nitrogen and oxygen atoms in total. The number of hydrogen-bond acceptors (Lipinski definition) is 4. The second kappa shape index (κ2) is 7.76. The predicted molar refractivity (Wildman–Crippen MR) is 99.3 cm³/mol. The molecule has 1 heterocycles. The van der Waals surface area contributed by atoms with Gasteiger partial charge < -0.3 is 0 Å². The number of amides is 1. The first-order valence-electron chi connectivity index (χ1n) is 7.77. The molecule has 26 heavy (non-hydrogen) atoms. The van der Waals surface area contributed by atoms with Crippen LogP contribution < -0.4 is 4.90 Å². The number of nitrogens with zero attached hydrogens (tertiary/aromatic N) is 3. The van der Waals surface area contributed by atoms with Gasteiger partial charge in [-0.25, -0.2) is 4.98 Å². The van der Waals surface area contributed by atoms with Gasteiger partial charge in [-0.1, -0.05) is 48.0 Å². The Hall–Kier alpha value is -3.25. The van der Waals surface area contributed by atoms with E-state index < -0.39 is 10.8 Å². The zero-order valence-corrected chi connectivity index (χ0v) is 14.3. The van der Waals surface area contributed by atoms with Crippen molar-refractivity contribution in [3.05, 3.63) is 99.2 Å². The summed E-state index contributed by atoms with van der Waals surface area (Å²) in [5.41, 5.74) is 0.501. The SMILES string of the molecule is O=C(c1ccc(Cl)cc1[N+](=O)[O-])N(Cc1ccccc1)c1ccccn1. The molecule has 1 aromatic heterocycles. The average Bonchev–Trinajstić information content (AvgIpc) is 2.67. The van der Waals surface area contributed by atoms with Crippen LogP contribution in [0.15, 0.2) is 72.9 Å². The monoisotopic (exact) mass is 367 g/mol. The summed E-state index contributed by atoms with van der Waals surface area (Å²) >= 11 is 5.85. The lowest BCUT2D eigenvalue weighted by atomic mass is 10.1. The molecule has 0 fully saturated rings. The van der Waals surface area contributed by atoms with E-state index in [1.807, 2.05) is 30.3 Å². The van der Waals surface area contributed by atoms with E-state index in [2.05, 4.69) is 4.98 Å². The first kappa shape index (κ1) is 17.6. The Bertz CT molecular complexity index is 933. The minimum Gasteiger partial charge on any atom is -0.288 e. The number of nitro benzene ring substituents is 1. The molecular weight excluding hydrogens is 354 g/mol. The van der Waals surface area contributed by atoms with Crippen LogP contribution in [0.25, 0.3) is 0 Å². The fourth-order valence-electron chi connectivity index (χ4n) is 2.52. The maximum atomic E-state index is 13.1. The van der Waals surface area contributed by atoms with Crippen LogP contribution in [0, 0.1) is 10.1 Å². The average molecular weight is 368 g/mol. The number of nitro groups is 1. The Morgan fingerprint density at radius 3 is 2.46 bits per heavy atom. The van der Waals surface area contributed by atoms with Gasteiger partial charge in [0.15, 0.2) is 0 Å². The van der Waals surface area contributed by atoms with Gasteiger partial charge in [-0.05, 0) is 29.8 Å². The van der Waals surface area contributed by atoms with E-state index in [1.54, 1.807) is 24.4 Å². The summed E-state index contributed by atoms with van der Waals surface area (Å²) in [7, 11) is 0. The molecule has 3 aromatic rings. The molecular formula is C19H14ClN3O3. The van der Waals surface area contributed by atoms with Gasteiger partial charge in [0.05, 0.1) is 11.5 Å². The Morgan fingerprint density at radius 1 is 1.08 bits per heavy atom. The van der Waals surface area contributed by atoms with Crippen molar-refractivity contribution in [2.75, 3.05) is 4.90 Å². The quantitative estimate of drug-likeness (QED) is 0.491. The summed E-state index contributed by atoms with van der Waals surface area (Å²) < 4.78 is 0. The molecule has 7 heteroatoms. The molecule has 3 rings (SSSR count). The summed E-state index contributed by atoms with van der Waals surface area (Å²) in [5, 5.41) is 11.6. The number of carbonyl (C=O) groups excluding carboxylic acids is 1. The van der Waals surface area contributed by atoms with Crippen molar-refractivity contribution in [1.82, 2.24) is 4.98 Å². The second-order valence-corrected chi connectivity index (χ2v) is 5.92. The summed E-state index contributed by atoms with van der Waals surface area (Å²) in [6.45, 7) is 0.233. The molecule has 0 radical (unpaired) electrons. The zero-order valence-electron chi connectivity index (χ0n) is 13.6. The van der Waals surface area contributed by atoms with Crippen molar-refractivity contribution >= 4 is 29.0 Å². The molecule has 0 unspecified atom stereocenters. The van der Waals surface area contributed by atoms with Gasteiger partial charge in [-0.15, -0.1) is 0 Å². The lowest BCUT2D eigenvalue weighted by Gasteiger charge is -2.22. The fourth-order valence-corrected chi connectivity index (χ4v) is 2.68. The lowest BCUT2D eigenvalue weighted by Crippen LogP contribution is -2.31. The molecule has 0 saturated carbocycles. The summed E-state index contributed by atoms with van der Waals surface area (Å²) in [4.78, 5) is 29.5. The van der Waals surface area contributed by atoms with Crippen LogP contribution in [-0.4, -0.2) is 15.8 Å². The first-order valence-corrected chi connectivity index (χ1v) is 8.15. The minimum atomic E-state index is -0.613. The number of benzene rings is 2. The zero-order chi connectivity index (χ0) is 18.5. The van der Waals surface area contributed by atoms with E-state index in [-0.39, 0.29) is 22.8 Å². The highest BCUT2D eigenvalue weighted by Crippen LogP contribution is 2.26. The third-order valence-corrected chi connectivity index (χ3v) is 3.98. The number of rotatable bonds is 5. The Balaban J connectivity index is 2.05. The molecule has 0 spiro atoms. The first-order chi connectivity index (χ1) is 12.6. The van der Waals surface area contributed by atoms with E-state index >= 15 is 0 Å². The molecule has 0 bridgehead atoms. The molecule has 1 amide bonds. The summed E-state index contributed by atoms with van der Waals surface area (Å²) in [6, 6.07) is 18.5. The Labute approximate surface area is 154 Å². The van der Waals surface area contributed by atoms with E-state index in [0.29, 0.717) is 5.82 Å². The number of hydrogen-bond donors (Lipinski definition) is 0. The Kier molecular flexibility index (Phi) is 5.24. The van der Waals surface area contributed by atoms with Crippen molar-refractivity contribution in [1.29, 1.82) is 0 Å². The molecule has 2 aromatic carbocycles. The van der Waals surface area contributed by atoms with Crippen LogP contribution in [0.4, 0.5) is 11.5 Å². The number of aromatic nitrogens is 1. The highest BCUT2D eigenvalue weighted by Gasteiger charge is 2.26. The molecule has 130 valence electrons. The molecule has 0 saturated heterocycles. The molecule has 0 N–H and O–H groups in total. The van der Waals surface area contributed by atoms with Gasteiger partial charge >= 0.3 is 0 Å². The third kappa shape index (κ3) is 3.87. The van der Waals surface area contributed by atoms with Gasteiger partial charge in [0.1, 0.15) is 11.4 Å². The topological polar surface area (TPSA) is 76.3 Å². The standard InChI is InChI=1S/C19H14ClN3O3/c20-15-9-10-16(17(12-15)23(25)26)19(24)22(18-8-4-5-11-21-18)13-14-6-2-1-3-7-14/h1-12H,13H2. The van der Waals surface area contributed by atoms with Gasteiger partial charge in [-0.3, -0.25) is 19.8 Å². The predicted octanol–water partition coefficient (Wildman–Crippen LogP) is 4.49. The van der Waals surface area contributed by atoms with Crippen LogP contribution in [-0.2, 0) is 6.54 Å². The van der Waals surface area contributed by atoms with Crippen LogP contribution in [0.5, 0.6) is 0 Å². The normalized spacial score (nSPS) is 10.3. The number of halogens is 1. The van der Waals surface area contributed by atoms with E-state index in [1.165, 1.54) is 23.1 Å². The largest absolute Gasteiger partial charge is 0.288 e. The maximum Gasteiger partial charge on any atom is 0.283 e. The second-order valence-electron chi connectivity index (χ2n) is 5.48. The highest BCUT2D eigenvalue weighted by atomic mass is 35.5. The summed E-state index contributed by atoms with van der Waals surface area (Å²) in [5.74, 6) is -0.110. The van der Waals surface area contributed by atoms with Crippen molar-refractivity contribution in [3.63, 3.8) is 0 Å². The molecule has 0 aliphatic heterocycles. The fraction of sp³-hybridized carbons (Fsp3) is 0.0526. The van der Waals surface area contributed by atoms with E-state index in [9.17, 15) is 14.9 Å². The van der Waals surface area contributed by atoms with Crippen molar-refractivity contribution in [2.45, 2.75) is 6.54 Å². The van der Waals surface area contributed by atoms with Crippen molar-refractivity contribution in [3.8, 4) is 0 Å². The van der Waals surface area contributed by atoms with E-state index in [0.717, 1.165) is 5.56 Å². The van der Waals surface area contributed by atoms with Crippen molar-refractivity contribution in [2.24, 2.45) is 0 Å². The molecule has 0 aliphatic rings. The molecule has 0 aliphatic carbocycles. The van der Waals surface area contributed by atoms with E-state index in [4.69, 9.17) is 11.6 Å². The highest BCUT2D eigenvalue weighted by molar-refractivity contribution is 6.31. The number of anilines is 1. The maximum absolute atomic E-state index is 13.1. The molecule has 0 atom stereocenters. The van der Waals surface area contributed by atoms with Crippen LogP contribution >= 0.6 is 11.6 Å². The lowest BCUT2D eigenvalue weighted by molar-refractivity contribution is -0.385. The smallest absolute Gasteiger partial charge is 0.283 e. The van der Waals surface area contributed by atoms with Gasteiger partial charge in [0, 0.05) is 17.3 Å². The van der Waals surface area contributed by atoms with Crippen LogP contribution in [0.1, 0.15) is 15.9 Å². The number of carbonyl (C=O) groups is 1. The van der Waals surface area contributed by atoms with Crippen molar-refractivity contribution < 1.29 is 9.72 Å². The van der Waals surface area contributed by atoms with Crippen LogP contribution in [0.2, 0.25) is 5.02 Å². The Morgan fingerprint density at radius 2 is 1.81 bits per heavy atom. The van der Waals surface area contributed by atoms with Crippen LogP contribution in [0.3, 0.4) is 0 Å². The van der Waals surface area contributed by atoms with Gasteiger partial charge in [0.2, 0.25) is 0 Å². The summed E-state index contributed by atoms with van der Waals surface area (Å²) in [6.07, 6.45) is 1.57. The van der Waals surface area contributed by atoms with Gasteiger partial charge in [-0.2, -0.15) is 0 Å². The minimum absolute atomic E-state index is 0.0408. The number of pyridine rings is 1. The van der Waals surface area contributed by atoms with Gasteiger partial charge in [0.25, 0.3) is 11.6 Å².